The highest BCUT2D eigenvalue weighted by atomic mass is 16.5. The van der Waals surface area contributed by atoms with Crippen molar-refractivity contribution in [1.82, 2.24) is 10.1 Å². The van der Waals surface area contributed by atoms with E-state index in [1.165, 1.54) is 0 Å². The third kappa shape index (κ3) is 2.39. The van der Waals surface area contributed by atoms with Crippen LogP contribution in [0.3, 0.4) is 0 Å². The molecule has 2 aromatic rings. The maximum Gasteiger partial charge on any atom is 0.250 e. The number of hydrogen-bond acceptors (Lipinski definition) is 4. The molecular weight excluding hydrogens is 216 g/mol. The molecule has 0 radical (unpaired) electrons. The molecule has 5 nitrogen and oxygen atoms in total. The van der Waals surface area contributed by atoms with Crippen molar-refractivity contribution < 1.29 is 4.52 Å². The molecule has 0 spiro atoms. The summed E-state index contributed by atoms with van der Waals surface area (Å²) in [7, 11) is 0. The molecule has 0 saturated heterocycles. The van der Waals surface area contributed by atoms with Crippen molar-refractivity contribution >= 4 is 11.9 Å². The van der Waals surface area contributed by atoms with E-state index in [0.29, 0.717) is 17.3 Å². The van der Waals surface area contributed by atoms with Crippen molar-refractivity contribution in [2.75, 3.05) is 0 Å². The average molecular weight is 228 g/mol. The van der Waals surface area contributed by atoms with Crippen LogP contribution in [0.4, 0.5) is 0 Å². The van der Waals surface area contributed by atoms with Gasteiger partial charge in [-0.1, -0.05) is 29.4 Å². The molecule has 0 aliphatic carbocycles. The lowest BCUT2D eigenvalue weighted by Crippen LogP contribution is -2.10. The summed E-state index contributed by atoms with van der Waals surface area (Å²) >= 11 is 0. The monoisotopic (exact) mass is 228 g/mol. The third-order valence-electron chi connectivity index (χ3n) is 2.18. The van der Waals surface area contributed by atoms with Gasteiger partial charge in [0.2, 0.25) is 5.82 Å². The molecule has 0 saturated carbocycles. The predicted octanol–water partition coefficient (Wildman–Crippen LogP) is 2.05. The van der Waals surface area contributed by atoms with E-state index in [4.69, 9.17) is 15.7 Å². The summed E-state index contributed by atoms with van der Waals surface area (Å²) in [5.74, 6) is 0.959. The molecule has 0 atom stereocenters. The highest BCUT2D eigenvalue weighted by Crippen LogP contribution is 2.17. The number of benzene rings is 1. The normalized spacial score (nSPS) is 10.9. The molecule has 0 amide bonds. The SMILES string of the molecule is C/C=C/c1nc(-c2cccc(C(=N)N)c2)no1. The molecule has 0 fully saturated rings. The lowest BCUT2D eigenvalue weighted by Gasteiger charge is -1.99. The Balaban J connectivity index is 2.38. The Morgan fingerprint density at radius 1 is 1.47 bits per heavy atom. The molecule has 17 heavy (non-hydrogen) atoms. The standard InChI is InChI=1S/C12H12N4O/c1-2-4-10-15-12(16-17-10)9-6-3-5-8(7-9)11(13)14/h2-7H,1H3,(H3,13,14)/b4-2+. The molecule has 0 bridgehead atoms. The number of nitrogen functional groups attached to an aromatic ring is 1. The topological polar surface area (TPSA) is 88.8 Å². The molecule has 3 N–H and O–H groups in total. The summed E-state index contributed by atoms with van der Waals surface area (Å²) in [6.07, 6.45) is 3.55. The summed E-state index contributed by atoms with van der Waals surface area (Å²) in [5.41, 5.74) is 6.84. The fraction of sp³-hybridized carbons (Fsp3) is 0.0833. The average Bonchev–Trinajstić information content (AvgIpc) is 2.78. The largest absolute Gasteiger partial charge is 0.384 e. The van der Waals surface area contributed by atoms with Crippen molar-refractivity contribution in [3.8, 4) is 11.4 Å². The molecule has 1 aromatic carbocycles. The molecule has 0 aliphatic heterocycles. The molecular formula is C12H12N4O. The van der Waals surface area contributed by atoms with Crippen molar-refractivity contribution in [1.29, 1.82) is 5.41 Å². The van der Waals surface area contributed by atoms with Gasteiger partial charge in [0.25, 0.3) is 5.89 Å². The second kappa shape index (κ2) is 4.61. The van der Waals surface area contributed by atoms with Crippen LogP contribution in [0.1, 0.15) is 18.4 Å². The first kappa shape index (κ1) is 11.1. The molecule has 5 heteroatoms. The Hall–Kier alpha value is -2.43. The van der Waals surface area contributed by atoms with Crippen LogP contribution in [0.15, 0.2) is 34.9 Å². The maximum absolute atomic E-state index is 7.37. The fourth-order valence-electron chi connectivity index (χ4n) is 1.39. The zero-order valence-electron chi connectivity index (χ0n) is 9.34. The van der Waals surface area contributed by atoms with Gasteiger partial charge in [0, 0.05) is 11.1 Å². The summed E-state index contributed by atoms with van der Waals surface area (Å²) in [6.45, 7) is 1.88. The van der Waals surface area contributed by atoms with Gasteiger partial charge in [-0.05, 0) is 19.1 Å². The molecule has 0 aliphatic rings. The summed E-state index contributed by atoms with van der Waals surface area (Å²) in [5, 5.41) is 11.2. The van der Waals surface area contributed by atoms with Crippen molar-refractivity contribution in [3.63, 3.8) is 0 Å². The van der Waals surface area contributed by atoms with Gasteiger partial charge in [-0.3, -0.25) is 5.41 Å². The van der Waals surface area contributed by atoms with Crippen LogP contribution >= 0.6 is 0 Å². The van der Waals surface area contributed by atoms with E-state index in [-0.39, 0.29) is 5.84 Å². The summed E-state index contributed by atoms with van der Waals surface area (Å²) in [4.78, 5) is 4.19. The van der Waals surface area contributed by atoms with Gasteiger partial charge in [0.1, 0.15) is 5.84 Å². The van der Waals surface area contributed by atoms with E-state index in [2.05, 4.69) is 10.1 Å². The Kier molecular flexibility index (Phi) is 3.00. The summed E-state index contributed by atoms with van der Waals surface area (Å²) in [6, 6.07) is 7.17. The van der Waals surface area contributed by atoms with Crippen molar-refractivity contribution in [2.24, 2.45) is 5.73 Å². The van der Waals surface area contributed by atoms with Crippen molar-refractivity contribution in [2.45, 2.75) is 6.92 Å². The predicted molar refractivity (Wildman–Crippen MR) is 65.5 cm³/mol. The van der Waals surface area contributed by atoms with Gasteiger partial charge < -0.3 is 10.3 Å². The van der Waals surface area contributed by atoms with Gasteiger partial charge in [0.15, 0.2) is 0 Å². The number of hydrogen-bond donors (Lipinski definition) is 2. The number of nitrogens with two attached hydrogens (primary N) is 1. The number of rotatable bonds is 3. The molecule has 86 valence electrons. The summed E-state index contributed by atoms with van der Waals surface area (Å²) < 4.78 is 5.03. The molecule has 0 unspecified atom stereocenters. The van der Waals surface area contributed by atoms with Crippen LogP contribution in [-0.4, -0.2) is 16.0 Å². The number of aromatic nitrogens is 2. The Morgan fingerprint density at radius 2 is 2.29 bits per heavy atom. The lowest BCUT2D eigenvalue weighted by molar-refractivity contribution is 0.411. The molecule has 1 heterocycles. The van der Waals surface area contributed by atoms with Gasteiger partial charge >= 0.3 is 0 Å². The zero-order chi connectivity index (χ0) is 12.3. The Morgan fingerprint density at radius 3 is 3.00 bits per heavy atom. The van der Waals surface area contributed by atoms with E-state index in [9.17, 15) is 0 Å². The fourth-order valence-corrected chi connectivity index (χ4v) is 1.39. The van der Waals surface area contributed by atoms with Gasteiger partial charge in [-0.2, -0.15) is 4.98 Å². The highest BCUT2D eigenvalue weighted by Gasteiger charge is 2.07. The molecule has 2 rings (SSSR count). The van der Waals surface area contributed by atoms with Gasteiger partial charge in [-0.15, -0.1) is 0 Å². The van der Waals surface area contributed by atoms with Crippen LogP contribution in [0.2, 0.25) is 0 Å². The first-order chi connectivity index (χ1) is 8.20. The second-order valence-corrected chi connectivity index (χ2v) is 3.45. The first-order valence-corrected chi connectivity index (χ1v) is 5.12. The number of nitrogens with one attached hydrogen (secondary N) is 1. The zero-order valence-corrected chi connectivity index (χ0v) is 9.34. The van der Waals surface area contributed by atoms with Gasteiger partial charge in [-0.25, -0.2) is 0 Å². The van der Waals surface area contributed by atoms with E-state index in [1.807, 2.05) is 19.1 Å². The quantitative estimate of drug-likeness (QED) is 0.621. The minimum Gasteiger partial charge on any atom is -0.384 e. The second-order valence-electron chi connectivity index (χ2n) is 3.45. The van der Waals surface area contributed by atoms with Crippen LogP contribution in [0.5, 0.6) is 0 Å². The highest BCUT2D eigenvalue weighted by molar-refractivity contribution is 5.95. The lowest BCUT2D eigenvalue weighted by atomic mass is 10.1. The van der Waals surface area contributed by atoms with E-state index in [0.717, 1.165) is 5.56 Å². The molecule has 1 aromatic heterocycles. The number of amidine groups is 1. The number of nitrogens with zero attached hydrogens (tertiary/aromatic N) is 2. The van der Waals surface area contributed by atoms with Gasteiger partial charge in [0.05, 0.1) is 0 Å². The minimum atomic E-state index is 0.0176. The van der Waals surface area contributed by atoms with Crippen LogP contribution in [0, 0.1) is 5.41 Å². The number of allylic oxidation sites excluding steroid dienone is 1. The maximum atomic E-state index is 7.37. The third-order valence-corrected chi connectivity index (χ3v) is 2.18. The van der Waals surface area contributed by atoms with E-state index in [1.54, 1.807) is 24.3 Å². The van der Waals surface area contributed by atoms with Crippen LogP contribution in [-0.2, 0) is 0 Å². The van der Waals surface area contributed by atoms with Crippen molar-refractivity contribution in [3.05, 3.63) is 41.8 Å². The van der Waals surface area contributed by atoms with E-state index >= 15 is 0 Å². The van der Waals surface area contributed by atoms with Crippen LogP contribution in [0.25, 0.3) is 17.5 Å². The van der Waals surface area contributed by atoms with E-state index < -0.39 is 0 Å². The first-order valence-electron chi connectivity index (χ1n) is 5.12. The Bertz CT molecular complexity index is 571. The Labute approximate surface area is 98.5 Å². The van der Waals surface area contributed by atoms with Crippen LogP contribution < -0.4 is 5.73 Å². The minimum absolute atomic E-state index is 0.0176. The smallest absolute Gasteiger partial charge is 0.250 e.